The largest absolute Gasteiger partial charge is 0.352 e. The number of anilines is 1. The molecule has 0 radical (unpaired) electrons. The molecule has 2 aromatic rings. The van der Waals surface area contributed by atoms with E-state index >= 15 is 0 Å². The molecule has 2 amide bonds. The molecule has 0 spiro atoms. The first kappa shape index (κ1) is 32.2. The van der Waals surface area contributed by atoms with Gasteiger partial charge >= 0.3 is 0 Å². The summed E-state index contributed by atoms with van der Waals surface area (Å²) in [5.41, 5.74) is 3.17. The lowest BCUT2D eigenvalue weighted by atomic mass is 9.95. The summed E-state index contributed by atoms with van der Waals surface area (Å²) in [5.74, 6) is -0.373. The van der Waals surface area contributed by atoms with Crippen LogP contribution in [0.4, 0.5) is 5.69 Å². The third kappa shape index (κ3) is 8.85. The van der Waals surface area contributed by atoms with E-state index < -0.39 is 16.1 Å². The lowest BCUT2D eigenvalue weighted by Gasteiger charge is -2.33. The molecule has 0 aliphatic heterocycles. The molecule has 0 aromatic heterocycles. The molecule has 7 nitrogen and oxygen atoms in total. The van der Waals surface area contributed by atoms with Gasteiger partial charge in [0.2, 0.25) is 21.8 Å². The molecule has 0 heterocycles. The van der Waals surface area contributed by atoms with Crippen molar-refractivity contribution in [2.24, 2.45) is 0 Å². The molecule has 2 aromatic carbocycles. The van der Waals surface area contributed by atoms with Crippen molar-refractivity contribution in [3.63, 3.8) is 0 Å². The number of carbonyl (C=O) groups excluding carboxylic acids is 2. The zero-order chi connectivity index (χ0) is 29.4. The number of halogens is 2. The Labute approximate surface area is 249 Å². The van der Waals surface area contributed by atoms with Crippen molar-refractivity contribution in [1.29, 1.82) is 0 Å². The second-order valence-electron chi connectivity index (χ2n) is 10.8. The van der Waals surface area contributed by atoms with Crippen LogP contribution in [0.25, 0.3) is 0 Å². The van der Waals surface area contributed by atoms with Crippen molar-refractivity contribution in [2.45, 2.75) is 90.8 Å². The number of rotatable bonds is 12. The number of nitrogens with zero attached hydrogens (tertiary/aromatic N) is 2. The number of aryl methyl sites for hydroxylation is 2. The highest BCUT2D eigenvalue weighted by molar-refractivity contribution is 7.92. The summed E-state index contributed by atoms with van der Waals surface area (Å²) in [5, 5.41) is 3.96. The highest BCUT2D eigenvalue weighted by Gasteiger charge is 2.30. The van der Waals surface area contributed by atoms with Crippen molar-refractivity contribution >= 4 is 50.7 Å². The van der Waals surface area contributed by atoms with Crippen molar-refractivity contribution < 1.29 is 18.0 Å². The number of hydrogen-bond acceptors (Lipinski definition) is 4. The number of nitrogens with one attached hydrogen (secondary N) is 1. The van der Waals surface area contributed by atoms with Gasteiger partial charge in [-0.25, -0.2) is 8.42 Å². The maximum absolute atomic E-state index is 13.7. The Bertz CT molecular complexity index is 1300. The van der Waals surface area contributed by atoms with E-state index in [2.05, 4.69) is 5.32 Å². The number of carbonyl (C=O) groups is 2. The molecular weight excluding hydrogens is 569 g/mol. The molecule has 40 heavy (non-hydrogen) atoms. The minimum Gasteiger partial charge on any atom is -0.352 e. The molecule has 3 rings (SSSR count). The van der Waals surface area contributed by atoms with Gasteiger partial charge in [-0.05, 0) is 74.4 Å². The highest BCUT2D eigenvalue weighted by Crippen LogP contribution is 2.26. The molecule has 0 saturated heterocycles. The van der Waals surface area contributed by atoms with Crippen molar-refractivity contribution in [3.05, 3.63) is 63.1 Å². The molecule has 1 aliphatic rings. The molecule has 0 unspecified atom stereocenters. The summed E-state index contributed by atoms with van der Waals surface area (Å²) in [7, 11) is -3.57. The molecular formula is C30H41Cl2N3O4S. The monoisotopic (exact) mass is 609 g/mol. The Hall–Kier alpha value is -2.29. The summed E-state index contributed by atoms with van der Waals surface area (Å²) in [4.78, 5) is 28.7. The Morgan fingerprint density at radius 3 is 2.35 bits per heavy atom. The molecule has 10 heteroatoms. The quantitative estimate of drug-likeness (QED) is 0.301. The fourth-order valence-corrected chi connectivity index (χ4v) is 6.60. The van der Waals surface area contributed by atoms with Gasteiger partial charge in [0.15, 0.2) is 0 Å². The Morgan fingerprint density at radius 1 is 1.02 bits per heavy atom. The zero-order valence-electron chi connectivity index (χ0n) is 23.9. The van der Waals surface area contributed by atoms with E-state index in [0.29, 0.717) is 28.6 Å². The van der Waals surface area contributed by atoms with Gasteiger partial charge in [0.25, 0.3) is 0 Å². The van der Waals surface area contributed by atoms with Crippen LogP contribution in [-0.2, 0) is 26.2 Å². The SMILES string of the molecule is CC[C@H](C(=O)NC1CCCCC1)N(Cc1ccc(Cl)c(Cl)c1)C(=O)CCCN(c1cc(C)ccc1C)S(C)(=O)=O. The summed E-state index contributed by atoms with van der Waals surface area (Å²) in [6, 6.07) is 10.3. The van der Waals surface area contributed by atoms with Crippen LogP contribution in [0.1, 0.15) is 75.0 Å². The predicted molar refractivity (Wildman–Crippen MR) is 163 cm³/mol. The van der Waals surface area contributed by atoms with Gasteiger partial charge in [0.1, 0.15) is 6.04 Å². The van der Waals surface area contributed by atoms with Gasteiger partial charge in [-0.3, -0.25) is 13.9 Å². The van der Waals surface area contributed by atoms with E-state index in [-0.39, 0.29) is 37.4 Å². The van der Waals surface area contributed by atoms with Crippen LogP contribution >= 0.6 is 23.2 Å². The van der Waals surface area contributed by atoms with E-state index in [1.807, 2.05) is 39.0 Å². The van der Waals surface area contributed by atoms with E-state index in [4.69, 9.17) is 23.2 Å². The van der Waals surface area contributed by atoms with Gasteiger partial charge in [0.05, 0.1) is 22.0 Å². The summed E-state index contributed by atoms with van der Waals surface area (Å²) >= 11 is 12.4. The highest BCUT2D eigenvalue weighted by atomic mass is 35.5. The van der Waals surface area contributed by atoms with Crippen LogP contribution in [0, 0.1) is 13.8 Å². The van der Waals surface area contributed by atoms with Gasteiger partial charge < -0.3 is 10.2 Å². The fourth-order valence-electron chi connectivity index (χ4n) is 5.27. The number of amides is 2. The summed E-state index contributed by atoms with van der Waals surface area (Å²) in [6.07, 6.45) is 7.27. The zero-order valence-corrected chi connectivity index (χ0v) is 26.2. The molecule has 1 N–H and O–H groups in total. The minimum atomic E-state index is -3.57. The lowest BCUT2D eigenvalue weighted by Crippen LogP contribution is -2.51. The number of hydrogen-bond donors (Lipinski definition) is 1. The van der Waals surface area contributed by atoms with Crippen LogP contribution in [-0.4, -0.2) is 50.0 Å². The first-order chi connectivity index (χ1) is 18.9. The molecule has 1 fully saturated rings. The third-order valence-electron chi connectivity index (χ3n) is 7.46. The average molecular weight is 611 g/mol. The first-order valence-corrected chi connectivity index (χ1v) is 16.6. The minimum absolute atomic E-state index is 0.0887. The standard InChI is InChI=1S/C30H41Cl2N3O4S/c1-5-27(30(37)33-24-10-7-6-8-11-24)34(20-23-15-16-25(31)26(32)19-23)29(36)12-9-17-35(40(4,38)39)28-18-21(2)13-14-22(28)3/h13-16,18-19,24,27H,5-12,17,20H2,1-4H3,(H,33,37)/t27-/m1/s1. The van der Waals surface area contributed by atoms with Gasteiger partial charge in [-0.2, -0.15) is 0 Å². The number of benzene rings is 2. The fraction of sp³-hybridized carbons (Fsp3) is 0.533. The first-order valence-electron chi connectivity index (χ1n) is 14.0. The topological polar surface area (TPSA) is 86.8 Å². The Kier molecular flexibility index (Phi) is 11.7. The third-order valence-corrected chi connectivity index (χ3v) is 9.38. The van der Waals surface area contributed by atoms with Crippen LogP contribution in [0.3, 0.4) is 0 Å². The average Bonchev–Trinajstić information content (AvgIpc) is 2.90. The van der Waals surface area contributed by atoms with Crippen molar-refractivity contribution in [2.75, 3.05) is 17.1 Å². The summed E-state index contributed by atoms with van der Waals surface area (Å²) < 4.78 is 26.7. The van der Waals surface area contributed by atoms with E-state index in [9.17, 15) is 18.0 Å². The molecule has 0 bridgehead atoms. The van der Waals surface area contributed by atoms with Crippen molar-refractivity contribution in [3.8, 4) is 0 Å². The van der Waals surface area contributed by atoms with Crippen LogP contribution in [0.15, 0.2) is 36.4 Å². The normalized spacial score (nSPS) is 14.9. The summed E-state index contributed by atoms with van der Waals surface area (Å²) in [6.45, 7) is 6.02. The van der Waals surface area contributed by atoms with E-state index in [1.54, 1.807) is 23.1 Å². The lowest BCUT2D eigenvalue weighted by molar-refractivity contribution is -0.141. The van der Waals surface area contributed by atoms with E-state index in [1.165, 1.54) is 17.0 Å². The Balaban J connectivity index is 1.80. The second kappa shape index (κ2) is 14.6. The van der Waals surface area contributed by atoms with Gasteiger partial charge in [-0.15, -0.1) is 0 Å². The van der Waals surface area contributed by atoms with E-state index in [0.717, 1.165) is 42.4 Å². The van der Waals surface area contributed by atoms with Crippen LogP contribution in [0.5, 0.6) is 0 Å². The van der Waals surface area contributed by atoms with Gasteiger partial charge in [-0.1, -0.05) is 67.6 Å². The van der Waals surface area contributed by atoms with Crippen LogP contribution in [0.2, 0.25) is 10.0 Å². The second-order valence-corrected chi connectivity index (χ2v) is 13.5. The molecule has 1 saturated carbocycles. The molecule has 1 atom stereocenters. The molecule has 220 valence electrons. The molecule has 1 aliphatic carbocycles. The maximum Gasteiger partial charge on any atom is 0.243 e. The van der Waals surface area contributed by atoms with Crippen molar-refractivity contribution in [1.82, 2.24) is 10.2 Å². The van der Waals surface area contributed by atoms with Crippen LogP contribution < -0.4 is 9.62 Å². The van der Waals surface area contributed by atoms with Gasteiger partial charge in [0, 0.05) is 25.6 Å². The smallest absolute Gasteiger partial charge is 0.243 e. The Morgan fingerprint density at radius 2 is 1.73 bits per heavy atom. The maximum atomic E-state index is 13.7. The predicted octanol–water partition coefficient (Wildman–Crippen LogP) is 6.41. The number of sulfonamides is 1.